The maximum Gasteiger partial charge on any atom is 0.319 e. The molecular weight excluding hydrogens is 386 g/mol. The highest BCUT2D eigenvalue weighted by atomic mass is 16.5. The first-order valence-corrected chi connectivity index (χ1v) is 9.67. The Morgan fingerprint density at radius 2 is 1.70 bits per heavy atom. The topological polar surface area (TPSA) is 89.1 Å². The van der Waals surface area contributed by atoms with Crippen LogP contribution in [0, 0.1) is 12.8 Å². The third-order valence-electron chi connectivity index (χ3n) is 5.02. The molecule has 0 unspecified atom stereocenters. The summed E-state index contributed by atoms with van der Waals surface area (Å²) in [5.41, 5.74) is 2.54. The molecule has 1 atom stereocenters. The van der Waals surface area contributed by atoms with Crippen molar-refractivity contribution in [3.63, 3.8) is 0 Å². The van der Waals surface area contributed by atoms with Crippen LogP contribution >= 0.6 is 0 Å². The van der Waals surface area contributed by atoms with Crippen LogP contribution in [0.25, 0.3) is 0 Å². The zero-order valence-corrected chi connectivity index (χ0v) is 17.7. The van der Waals surface area contributed by atoms with E-state index in [1.807, 2.05) is 31.2 Å². The van der Waals surface area contributed by atoms with E-state index < -0.39 is 0 Å². The van der Waals surface area contributed by atoms with Gasteiger partial charge in [-0.1, -0.05) is 17.7 Å². The number of amides is 3. The summed E-state index contributed by atoms with van der Waals surface area (Å²) in [5.74, 6) is 1.45. The summed E-state index contributed by atoms with van der Waals surface area (Å²) in [6.45, 7) is 2.98. The summed E-state index contributed by atoms with van der Waals surface area (Å²) in [6.07, 6.45) is 0.401. The first kappa shape index (κ1) is 21.3. The SMILES string of the molecule is COc1cc(NC(=O)NC[C@@H]2CC(=O)N(c3ccc(C)cc3)C2)cc(OC)c1OC. The fourth-order valence-electron chi connectivity index (χ4n) is 3.46. The quantitative estimate of drug-likeness (QED) is 0.728. The summed E-state index contributed by atoms with van der Waals surface area (Å²) in [4.78, 5) is 26.5. The van der Waals surface area contributed by atoms with E-state index in [1.165, 1.54) is 21.3 Å². The number of nitrogens with zero attached hydrogens (tertiary/aromatic N) is 1. The molecule has 0 aliphatic carbocycles. The molecule has 0 saturated carbocycles. The van der Waals surface area contributed by atoms with Gasteiger partial charge in [0.25, 0.3) is 0 Å². The van der Waals surface area contributed by atoms with Crippen LogP contribution in [0.2, 0.25) is 0 Å². The van der Waals surface area contributed by atoms with Crippen molar-refractivity contribution in [2.24, 2.45) is 5.92 Å². The molecule has 160 valence electrons. The van der Waals surface area contributed by atoms with Gasteiger partial charge in [0.2, 0.25) is 11.7 Å². The Kier molecular flexibility index (Phi) is 6.66. The maximum absolute atomic E-state index is 12.4. The number of rotatable bonds is 7. The van der Waals surface area contributed by atoms with Gasteiger partial charge in [-0.05, 0) is 19.1 Å². The van der Waals surface area contributed by atoms with Gasteiger partial charge in [0.15, 0.2) is 11.5 Å². The lowest BCUT2D eigenvalue weighted by Gasteiger charge is -2.17. The number of carbonyl (C=O) groups is 2. The number of anilines is 2. The molecule has 2 N–H and O–H groups in total. The number of hydrogen-bond acceptors (Lipinski definition) is 5. The number of methoxy groups -OCH3 is 3. The van der Waals surface area contributed by atoms with Crippen molar-refractivity contribution in [3.8, 4) is 17.2 Å². The van der Waals surface area contributed by atoms with E-state index in [4.69, 9.17) is 14.2 Å². The first-order valence-electron chi connectivity index (χ1n) is 9.67. The largest absolute Gasteiger partial charge is 0.493 e. The normalized spacial score (nSPS) is 15.7. The molecule has 3 rings (SSSR count). The Balaban J connectivity index is 1.57. The minimum Gasteiger partial charge on any atom is -0.493 e. The fraction of sp³-hybridized carbons (Fsp3) is 0.364. The van der Waals surface area contributed by atoms with E-state index in [2.05, 4.69) is 10.6 Å². The van der Waals surface area contributed by atoms with Gasteiger partial charge in [0, 0.05) is 43.2 Å². The Hall–Kier alpha value is -3.42. The van der Waals surface area contributed by atoms with Gasteiger partial charge >= 0.3 is 6.03 Å². The summed E-state index contributed by atoms with van der Waals surface area (Å²) in [6, 6.07) is 10.8. The molecule has 0 radical (unpaired) electrons. The highest BCUT2D eigenvalue weighted by molar-refractivity contribution is 5.96. The molecule has 1 heterocycles. The average molecular weight is 413 g/mol. The highest BCUT2D eigenvalue weighted by Gasteiger charge is 2.30. The Morgan fingerprint density at radius 3 is 2.27 bits per heavy atom. The summed E-state index contributed by atoms with van der Waals surface area (Å²) in [7, 11) is 4.54. The van der Waals surface area contributed by atoms with Crippen LogP contribution in [0.1, 0.15) is 12.0 Å². The number of benzene rings is 2. The van der Waals surface area contributed by atoms with Crippen molar-refractivity contribution in [2.75, 3.05) is 44.6 Å². The predicted octanol–water partition coefficient (Wildman–Crippen LogP) is 3.20. The van der Waals surface area contributed by atoms with E-state index >= 15 is 0 Å². The van der Waals surface area contributed by atoms with Gasteiger partial charge in [-0.3, -0.25) is 4.79 Å². The minimum absolute atomic E-state index is 0.0458. The molecule has 2 aromatic rings. The standard InChI is InChI=1S/C22H27N3O5/c1-14-5-7-17(8-6-14)25-13-15(9-20(25)26)12-23-22(27)24-16-10-18(28-2)21(30-4)19(11-16)29-3/h5-8,10-11,15H,9,12-13H2,1-4H3,(H2,23,24,27)/t15-/m0/s1. The molecule has 1 fully saturated rings. The fourth-order valence-corrected chi connectivity index (χ4v) is 3.46. The Bertz CT molecular complexity index is 888. The van der Waals surface area contributed by atoms with Crippen LogP contribution < -0.4 is 29.7 Å². The maximum atomic E-state index is 12.4. The third-order valence-corrected chi connectivity index (χ3v) is 5.02. The van der Waals surface area contributed by atoms with Gasteiger partial charge in [0.1, 0.15) is 0 Å². The van der Waals surface area contributed by atoms with E-state index in [-0.39, 0.29) is 17.9 Å². The smallest absolute Gasteiger partial charge is 0.319 e. The van der Waals surface area contributed by atoms with Crippen molar-refractivity contribution in [1.82, 2.24) is 5.32 Å². The molecule has 1 aliphatic rings. The van der Waals surface area contributed by atoms with Crippen LogP contribution in [0.15, 0.2) is 36.4 Å². The number of urea groups is 1. The van der Waals surface area contributed by atoms with Crippen LogP contribution in [-0.4, -0.2) is 46.4 Å². The minimum atomic E-state index is -0.370. The van der Waals surface area contributed by atoms with E-state index in [9.17, 15) is 9.59 Å². The lowest BCUT2D eigenvalue weighted by Crippen LogP contribution is -2.34. The zero-order valence-electron chi connectivity index (χ0n) is 17.7. The van der Waals surface area contributed by atoms with Gasteiger partial charge < -0.3 is 29.7 Å². The van der Waals surface area contributed by atoms with Crippen molar-refractivity contribution < 1.29 is 23.8 Å². The van der Waals surface area contributed by atoms with Crippen molar-refractivity contribution in [1.29, 1.82) is 0 Å². The lowest BCUT2D eigenvalue weighted by molar-refractivity contribution is -0.117. The average Bonchev–Trinajstić information content (AvgIpc) is 3.12. The molecule has 0 aromatic heterocycles. The molecule has 8 heteroatoms. The van der Waals surface area contributed by atoms with Crippen molar-refractivity contribution >= 4 is 23.3 Å². The molecule has 0 spiro atoms. The van der Waals surface area contributed by atoms with E-state index in [0.29, 0.717) is 42.4 Å². The molecule has 1 aliphatic heterocycles. The van der Waals surface area contributed by atoms with Crippen LogP contribution in [0.5, 0.6) is 17.2 Å². The van der Waals surface area contributed by atoms with E-state index in [1.54, 1.807) is 17.0 Å². The zero-order chi connectivity index (χ0) is 21.7. The number of aryl methyl sites for hydroxylation is 1. The van der Waals surface area contributed by atoms with Gasteiger partial charge in [-0.15, -0.1) is 0 Å². The number of hydrogen-bond donors (Lipinski definition) is 2. The second kappa shape index (κ2) is 9.39. The Labute approximate surface area is 176 Å². The summed E-state index contributed by atoms with van der Waals surface area (Å²) in [5, 5.41) is 5.60. The monoisotopic (exact) mass is 413 g/mol. The lowest BCUT2D eigenvalue weighted by atomic mass is 10.1. The molecular formula is C22H27N3O5. The third kappa shape index (κ3) is 4.76. The Morgan fingerprint density at radius 1 is 1.07 bits per heavy atom. The number of nitrogens with one attached hydrogen (secondary N) is 2. The van der Waals surface area contributed by atoms with Gasteiger partial charge in [0.05, 0.1) is 27.0 Å². The highest BCUT2D eigenvalue weighted by Crippen LogP contribution is 2.39. The number of ether oxygens (including phenoxy) is 3. The molecule has 2 aromatic carbocycles. The molecule has 8 nitrogen and oxygen atoms in total. The van der Waals surface area contributed by atoms with Crippen LogP contribution in [-0.2, 0) is 4.79 Å². The summed E-state index contributed by atoms with van der Waals surface area (Å²) < 4.78 is 15.9. The predicted molar refractivity (Wildman–Crippen MR) is 115 cm³/mol. The second-order valence-corrected chi connectivity index (χ2v) is 7.16. The molecule has 30 heavy (non-hydrogen) atoms. The molecule has 3 amide bonds. The summed E-state index contributed by atoms with van der Waals surface area (Å²) >= 11 is 0. The van der Waals surface area contributed by atoms with Gasteiger partial charge in [-0.25, -0.2) is 4.79 Å². The van der Waals surface area contributed by atoms with Crippen molar-refractivity contribution in [2.45, 2.75) is 13.3 Å². The van der Waals surface area contributed by atoms with Crippen LogP contribution in [0.3, 0.4) is 0 Å². The van der Waals surface area contributed by atoms with Gasteiger partial charge in [-0.2, -0.15) is 0 Å². The number of carbonyl (C=O) groups excluding carboxylic acids is 2. The van der Waals surface area contributed by atoms with Crippen LogP contribution in [0.4, 0.5) is 16.2 Å². The first-order chi connectivity index (χ1) is 14.4. The van der Waals surface area contributed by atoms with E-state index in [0.717, 1.165) is 11.3 Å². The molecule has 0 bridgehead atoms. The second-order valence-electron chi connectivity index (χ2n) is 7.16. The molecule has 1 saturated heterocycles. The van der Waals surface area contributed by atoms with Crippen molar-refractivity contribution in [3.05, 3.63) is 42.0 Å².